The molecule has 1 fully saturated rings. The van der Waals surface area contributed by atoms with Gasteiger partial charge in [-0.1, -0.05) is 22.8 Å². The number of benzene rings is 1. The summed E-state index contributed by atoms with van der Waals surface area (Å²) in [7, 11) is 0. The number of pyridine rings is 1. The summed E-state index contributed by atoms with van der Waals surface area (Å²) in [6, 6.07) is 13.8. The molecule has 1 aliphatic rings. The van der Waals surface area contributed by atoms with E-state index in [2.05, 4.69) is 22.0 Å². The number of aromatic nitrogens is 2. The van der Waals surface area contributed by atoms with Crippen molar-refractivity contribution in [1.29, 1.82) is 0 Å². The summed E-state index contributed by atoms with van der Waals surface area (Å²) in [6.07, 6.45) is 0. The first-order chi connectivity index (χ1) is 15.0. The van der Waals surface area contributed by atoms with Gasteiger partial charge in [-0.05, 0) is 50.2 Å². The molecule has 158 valence electrons. The monoisotopic (exact) mass is 452 g/mol. The number of hydrogen-bond acceptors (Lipinski definition) is 6. The summed E-state index contributed by atoms with van der Waals surface area (Å²) in [5.74, 6) is -0.0148. The summed E-state index contributed by atoms with van der Waals surface area (Å²) < 4.78 is 5.43. The van der Waals surface area contributed by atoms with Gasteiger partial charge in [-0.3, -0.25) is 4.79 Å². The minimum Gasteiger partial charge on any atom is -0.368 e. The van der Waals surface area contributed by atoms with E-state index in [4.69, 9.17) is 16.1 Å². The van der Waals surface area contributed by atoms with Crippen LogP contribution in [0.1, 0.15) is 20.9 Å². The van der Waals surface area contributed by atoms with E-state index in [1.54, 1.807) is 11.3 Å². The van der Waals surface area contributed by atoms with E-state index in [0.29, 0.717) is 35.4 Å². The molecular formula is C23H21ClN4O2S. The highest BCUT2D eigenvalue weighted by atomic mass is 35.5. The highest BCUT2D eigenvalue weighted by Crippen LogP contribution is 2.32. The van der Waals surface area contributed by atoms with Gasteiger partial charge in [0.2, 0.25) is 0 Å². The van der Waals surface area contributed by atoms with Crippen LogP contribution in [-0.2, 0) is 0 Å². The first-order valence-electron chi connectivity index (χ1n) is 10.1. The predicted octanol–water partition coefficient (Wildman–Crippen LogP) is 5.18. The van der Waals surface area contributed by atoms with Crippen LogP contribution in [0, 0.1) is 13.8 Å². The summed E-state index contributed by atoms with van der Waals surface area (Å²) >= 11 is 7.78. The number of carbonyl (C=O) groups is 1. The van der Waals surface area contributed by atoms with Crippen LogP contribution in [0.25, 0.3) is 21.7 Å². The van der Waals surface area contributed by atoms with Crippen molar-refractivity contribution in [3.63, 3.8) is 0 Å². The second-order valence-electron chi connectivity index (χ2n) is 7.67. The number of carbonyl (C=O) groups excluding carboxylic acids is 1. The molecule has 31 heavy (non-hydrogen) atoms. The van der Waals surface area contributed by atoms with Crippen LogP contribution in [-0.4, -0.2) is 47.1 Å². The highest BCUT2D eigenvalue weighted by molar-refractivity contribution is 7.15. The van der Waals surface area contributed by atoms with Gasteiger partial charge >= 0.3 is 0 Å². The van der Waals surface area contributed by atoms with Gasteiger partial charge in [0.25, 0.3) is 11.6 Å². The van der Waals surface area contributed by atoms with Crippen molar-refractivity contribution < 1.29 is 9.32 Å². The average Bonchev–Trinajstić information content (AvgIpc) is 3.38. The Bertz CT molecular complexity index is 1270. The van der Waals surface area contributed by atoms with Gasteiger partial charge < -0.3 is 14.3 Å². The van der Waals surface area contributed by atoms with E-state index in [0.717, 1.165) is 34.4 Å². The Labute approximate surface area is 189 Å². The summed E-state index contributed by atoms with van der Waals surface area (Å²) in [6.45, 7) is 6.66. The van der Waals surface area contributed by atoms with Crippen molar-refractivity contribution >= 4 is 45.6 Å². The number of thiophene rings is 1. The maximum atomic E-state index is 13.5. The summed E-state index contributed by atoms with van der Waals surface area (Å²) in [5.41, 5.74) is 3.50. The maximum absolute atomic E-state index is 13.5. The fourth-order valence-electron chi connectivity index (χ4n) is 3.97. The molecule has 0 atom stereocenters. The SMILES string of the molecule is Cc1ccc(-c2cc(C(=O)N3CCN(c4cccc(Cl)c4)CC3)c3c(C)noc3n2)s1. The zero-order valence-electron chi connectivity index (χ0n) is 17.3. The Morgan fingerprint density at radius 2 is 1.90 bits per heavy atom. The molecule has 4 aromatic rings. The smallest absolute Gasteiger partial charge is 0.259 e. The molecule has 6 nitrogen and oxygen atoms in total. The molecule has 0 N–H and O–H groups in total. The molecule has 0 unspecified atom stereocenters. The number of piperazine rings is 1. The molecule has 1 amide bonds. The van der Waals surface area contributed by atoms with Crippen LogP contribution in [0.5, 0.6) is 0 Å². The summed E-state index contributed by atoms with van der Waals surface area (Å²) in [4.78, 5) is 24.5. The van der Waals surface area contributed by atoms with Crippen molar-refractivity contribution in [2.75, 3.05) is 31.1 Å². The van der Waals surface area contributed by atoms with Gasteiger partial charge in [0.15, 0.2) is 0 Å². The minimum atomic E-state index is -0.0148. The second kappa shape index (κ2) is 7.98. The lowest BCUT2D eigenvalue weighted by Gasteiger charge is -2.36. The molecule has 4 heterocycles. The largest absolute Gasteiger partial charge is 0.368 e. The standard InChI is InChI=1S/C23H21ClN4O2S/c1-14-6-7-20(31-14)19-13-18(21-15(2)26-30-22(21)25-19)23(29)28-10-8-27(9-11-28)17-5-3-4-16(24)12-17/h3-7,12-13H,8-11H2,1-2H3. The molecule has 0 radical (unpaired) electrons. The number of halogens is 1. The van der Waals surface area contributed by atoms with Crippen molar-refractivity contribution in [2.24, 2.45) is 0 Å². The molecule has 0 bridgehead atoms. The molecule has 0 saturated carbocycles. The van der Waals surface area contributed by atoms with Crippen LogP contribution in [0.15, 0.2) is 47.0 Å². The zero-order chi connectivity index (χ0) is 21.5. The average molecular weight is 453 g/mol. The lowest BCUT2D eigenvalue weighted by atomic mass is 10.1. The number of amides is 1. The second-order valence-corrected chi connectivity index (χ2v) is 9.40. The Balaban J connectivity index is 1.44. The van der Waals surface area contributed by atoms with Crippen molar-refractivity contribution in [1.82, 2.24) is 15.0 Å². The molecule has 3 aromatic heterocycles. The van der Waals surface area contributed by atoms with Gasteiger partial charge in [-0.25, -0.2) is 4.98 Å². The van der Waals surface area contributed by atoms with E-state index in [1.807, 2.05) is 54.3 Å². The third-order valence-corrected chi connectivity index (χ3v) is 6.84. The van der Waals surface area contributed by atoms with E-state index in [1.165, 1.54) is 4.88 Å². The van der Waals surface area contributed by atoms with Crippen LogP contribution in [0.2, 0.25) is 5.02 Å². The molecule has 0 spiro atoms. The first kappa shape index (κ1) is 20.0. The molecular weight excluding hydrogens is 432 g/mol. The van der Waals surface area contributed by atoms with E-state index in [9.17, 15) is 4.79 Å². The highest BCUT2D eigenvalue weighted by Gasteiger charge is 2.27. The fourth-order valence-corrected chi connectivity index (χ4v) is 4.99. The van der Waals surface area contributed by atoms with Gasteiger partial charge in [0.05, 0.1) is 27.2 Å². The molecule has 8 heteroatoms. The van der Waals surface area contributed by atoms with Crippen LogP contribution in [0.4, 0.5) is 5.69 Å². The lowest BCUT2D eigenvalue weighted by molar-refractivity contribution is 0.0748. The Hall–Kier alpha value is -2.90. The Morgan fingerprint density at radius 3 is 2.61 bits per heavy atom. The molecule has 1 aliphatic heterocycles. The summed E-state index contributed by atoms with van der Waals surface area (Å²) in [5, 5.41) is 5.47. The van der Waals surface area contributed by atoms with Crippen molar-refractivity contribution in [3.8, 4) is 10.6 Å². The molecule has 0 aliphatic carbocycles. The third-order valence-electron chi connectivity index (χ3n) is 5.58. The van der Waals surface area contributed by atoms with Crippen LogP contribution in [0.3, 0.4) is 0 Å². The van der Waals surface area contributed by atoms with Crippen LogP contribution >= 0.6 is 22.9 Å². The number of rotatable bonds is 3. The molecule has 5 rings (SSSR count). The maximum Gasteiger partial charge on any atom is 0.259 e. The first-order valence-corrected chi connectivity index (χ1v) is 11.3. The quantitative estimate of drug-likeness (QED) is 0.428. The fraction of sp³-hybridized carbons (Fsp3) is 0.261. The Morgan fingerprint density at radius 1 is 1.10 bits per heavy atom. The third kappa shape index (κ3) is 3.79. The predicted molar refractivity (Wildman–Crippen MR) is 124 cm³/mol. The van der Waals surface area contributed by atoms with E-state index < -0.39 is 0 Å². The van der Waals surface area contributed by atoms with Gasteiger partial charge in [-0.2, -0.15) is 0 Å². The van der Waals surface area contributed by atoms with Crippen LogP contribution < -0.4 is 4.90 Å². The van der Waals surface area contributed by atoms with Crippen molar-refractivity contribution in [2.45, 2.75) is 13.8 Å². The zero-order valence-corrected chi connectivity index (χ0v) is 18.8. The number of fused-ring (bicyclic) bond motifs is 1. The number of hydrogen-bond donors (Lipinski definition) is 0. The van der Waals surface area contributed by atoms with Gasteiger partial charge in [0.1, 0.15) is 0 Å². The van der Waals surface area contributed by atoms with E-state index in [-0.39, 0.29) is 5.91 Å². The molecule has 1 saturated heterocycles. The minimum absolute atomic E-state index is 0.0148. The molecule has 1 aromatic carbocycles. The topological polar surface area (TPSA) is 62.5 Å². The number of aryl methyl sites for hydroxylation is 2. The number of anilines is 1. The van der Waals surface area contributed by atoms with Gasteiger partial charge in [-0.15, -0.1) is 11.3 Å². The van der Waals surface area contributed by atoms with Crippen molar-refractivity contribution in [3.05, 3.63) is 63.6 Å². The lowest BCUT2D eigenvalue weighted by Crippen LogP contribution is -2.48. The van der Waals surface area contributed by atoms with E-state index >= 15 is 0 Å². The Kier molecular flexibility index (Phi) is 5.16. The van der Waals surface area contributed by atoms with Gasteiger partial charge in [0, 0.05) is 41.8 Å². The normalized spacial score (nSPS) is 14.4. The number of nitrogens with zero attached hydrogens (tertiary/aromatic N) is 4.